The van der Waals surface area contributed by atoms with Crippen molar-refractivity contribution in [2.75, 3.05) is 52.7 Å². The predicted molar refractivity (Wildman–Crippen MR) is 136 cm³/mol. The lowest BCUT2D eigenvalue weighted by Gasteiger charge is -2.43. The van der Waals surface area contributed by atoms with Crippen LogP contribution >= 0.6 is 0 Å². The smallest absolute Gasteiger partial charge is 0.261 e. The van der Waals surface area contributed by atoms with Gasteiger partial charge in [0.05, 0.1) is 33.0 Å². The van der Waals surface area contributed by atoms with Crippen LogP contribution in [0.15, 0.2) is 60.7 Å². The zero-order chi connectivity index (χ0) is 23.6. The number of hydrogen-bond acceptors (Lipinski definition) is 5. The van der Waals surface area contributed by atoms with Crippen LogP contribution in [0.5, 0.6) is 0 Å². The van der Waals surface area contributed by atoms with Gasteiger partial charge in [-0.05, 0) is 15.4 Å². The number of Topliss-reactive ketones (excluding diaryl/α,β-unsaturated/α-hetero) is 1. The van der Waals surface area contributed by atoms with E-state index in [-0.39, 0.29) is 5.04 Å². The maximum atomic E-state index is 11.3. The Bertz CT molecular complexity index is 789. The van der Waals surface area contributed by atoms with Gasteiger partial charge in [-0.15, -0.1) is 0 Å². The number of carbonyl (C=O) groups excluding carboxylic acids is 1. The average Bonchev–Trinajstić information content (AvgIpc) is 2.82. The molecule has 0 N–H and O–H groups in total. The SMILES string of the molecule is CC(C)(C)[Si](OCCOCCOCCN1CCC(=O)CC1)(c1ccccc1)c1ccccc1. The molecule has 0 radical (unpaired) electrons. The molecular formula is C27H39NO4Si. The first-order chi connectivity index (χ1) is 15.9. The largest absolute Gasteiger partial charge is 0.405 e. The number of benzene rings is 2. The van der Waals surface area contributed by atoms with E-state index in [1.807, 2.05) is 0 Å². The molecular weight excluding hydrogens is 430 g/mol. The summed E-state index contributed by atoms with van der Waals surface area (Å²) in [4.78, 5) is 13.6. The Morgan fingerprint density at radius 3 is 1.76 bits per heavy atom. The van der Waals surface area contributed by atoms with Crippen LogP contribution in [0, 0.1) is 0 Å². The molecule has 6 heteroatoms. The number of piperidine rings is 1. The summed E-state index contributed by atoms with van der Waals surface area (Å²) in [6.07, 6.45) is 1.35. The summed E-state index contributed by atoms with van der Waals surface area (Å²) in [6, 6.07) is 21.4. The number of rotatable bonds is 12. The Morgan fingerprint density at radius 1 is 0.758 bits per heavy atom. The summed E-state index contributed by atoms with van der Waals surface area (Å²) in [7, 11) is -2.50. The van der Waals surface area contributed by atoms with Gasteiger partial charge in [-0.3, -0.25) is 4.79 Å². The Kier molecular flexibility index (Phi) is 9.83. The molecule has 1 saturated heterocycles. The molecule has 3 rings (SSSR count). The lowest BCUT2D eigenvalue weighted by Crippen LogP contribution is -2.66. The molecule has 33 heavy (non-hydrogen) atoms. The van der Waals surface area contributed by atoms with Crippen LogP contribution in [0.25, 0.3) is 0 Å². The van der Waals surface area contributed by atoms with Crippen LogP contribution in [0.4, 0.5) is 0 Å². The van der Waals surface area contributed by atoms with E-state index in [2.05, 4.69) is 86.3 Å². The van der Waals surface area contributed by atoms with Gasteiger partial charge in [-0.1, -0.05) is 81.4 Å². The monoisotopic (exact) mass is 469 g/mol. The van der Waals surface area contributed by atoms with Crippen molar-refractivity contribution in [3.63, 3.8) is 0 Å². The fourth-order valence-electron chi connectivity index (χ4n) is 4.56. The number of carbonyl (C=O) groups is 1. The molecule has 0 aromatic heterocycles. The molecule has 0 aliphatic carbocycles. The average molecular weight is 470 g/mol. The third-order valence-corrected chi connectivity index (χ3v) is 11.3. The quantitative estimate of drug-likeness (QED) is 0.353. The van der Waals surface area contributed by atoms with Crippen molar-refractivity contribution in [2.45, 2.75) is 38.7 Å². The van der Waals surface area contributed by atoms with Crippen molar-refractivity contribution in [1.29, 1.82) is 0 Å². The molecule has 0 atom stereocenters. The highest BCUT2D eigenvalue weighted by molar-refractivity contribution is 6.99. The molecule has 0 spiro atoms. The van der Waals surface area contributed by atoms with E-state index in [4.69, 9.17) is 13.9 Å². The van der Waals surface area contributed by atoms with Crippen LogP contribution in [-0.4, -0.2) is 71.7 Å². The van der Waals surface area contributed by atoms with Gasteiger partial charge in [-0.2, -0.15) is 0 Å². The first-order valence-corrected chi connectivity index (χ1v) is 14.0. The lowest BCUT2D eigenvalue weighted by molar-refractivity contribution is -0.121. The van der Waals surface area contributed by atoms with Gasteiger partial charge in [0.15, 0.2) is 0 Å². The summed E-state index contributed by atoms with van der Waals surface area (Å²) in [5.74, 6) is 0.376. The number of ether oxygens (including phenoxy) is 2. The minimum Gasteiger partial charge on any atom is -0.405 e. The van der Waals surface area contributed by atoms with Gasteiger partial charge < -0.3 is 18.8 Å². The molecule has 1 heterocycles. The topological polar surface area (TPSA) is 48.0 Å². The lowest BCUT2D eigenvalue weighted by atomic mass is 10.1. The van der Waals surface area contributed by atoms with E-state index >= 15 is 0 Å². The van der Waals surface area contributed by atoms with Gasteiger partial charge in [-0.25, -0.2) is 0 Å². The first-order valence-electron chi connectivity index (χ1n) is 12.1. The number of likely N-dealkylation sites (tertiary alicyclic amines) is 1. The van der Waals surface area contributed by atoms with Crippen molar-refractivity contribution in [3.05, 3.63) is 60.7 Å². The Balaban J connectivity index is 1.47. The van der Waals surface area contributed by atoms with Gasteiger partial charge in [0, 0.05) is 32.5 Å². The number of hydrogen-bond donors (Lipinski definition) is 0. The highest BCUT2D eigenvalue weighted by atomic mass is 28.4. The van der Waals surface area contributed by atoms with E-state index in [1.165, 1.54) is 10.4 Å². The van der Waals surface area contributed by atoms with Crippen molar-refractivity contribution in [3.8, 4) is 0 Å². The van der Waals surface area contributed by atoms with Crippen molar-refractivity contribution in [2.24, 2.45) is 0 Å². The molecule has 5 nitrogen and oxygen atoms in total. The summed E-state index contributed by atoms with van der Waals surface area (Å²) in [5, 5.41) is 2.54. The highest BCUT2D eigenvalue weighted by Crippen LogP contribution is 2.36. The molecule has 2 aromatic carbocycles. The minimum atomic E-state index is -2.50. The van der Waals surface area contributed by atoms with Crippen LogP contribution in [0.3, 0.4) is 0 Å². The van der Waals surface area contributed by atoms with Gasteiger partial charge in [0.1, 0.15) is 5.78 Å². The van der Waals surface area contributed by atoms with Gasteiger partial charge in [0.2, 0.25) is 0 Å². The normalized spacial score (nSPS) is 15.7. The zero-order valence-corrected chi connectivity index (χ0v) is 21.4. The highest BCUT2D eigenvalue weighted by Gasteiger charge is 2.49. The number of ketones is 1. The molecule has 0 unspecified atom stereocenters. The molecule has 2 aromatic rings. The minimum absolute atomic E-state index is 0.0299. The maximum Gasteiger partial charge on any atom is 0.261 e. The van der Waals surface area contributed by atoms with Crippen molar-refractivity contribution in [1.82, 2.24) is 4.90 Å². The molecule has 180 valence electrons. The second-order valence-electron chi connectivity index (χ2n) is 9.62. The molecule has 1 aliphatic rings. The second-order valence-corrected chi connectivity index (χ2v) is 13.9. The second kappa shape index (κ2) is 12.6. The van der Waals surface area contributed by atoms with Crippen LogP contribution in [0.1, 0.15) is 33.6 Å². The number of nitrogens with zero attached hydrogens (tertiary/aromatic N) is 1. The Morgan fingerprint density at radius 2 is 1.24 bits per heavy atom. The zero-order valence-electron chi connectivity index (χ0n) is 20.4. The van der Waals surface area contributed by atoms with E-state index < -0.39 is 8.32 Å². The summed E-state index contributed by atoms with van der Waals surface area (Å²) in [5.41, 5.74) is 0. The summed E-state index contributed by atoms with van der Waals surface area (Å²) in [6.45, 7) is 12.4. The third kappa shape index (κ3) is 7.07. The predicted octanol–water partition coefficient (Wildman–Crippen LogP) is 3.26. The van der Waals surface area contributed by atoms with E-state index in [0.29, 0.717) is 51.7 Å². The molecule has 1 fully saturated rings. The van der Waals surface area contributed by atoms with E-state index in [1.54, 1.807) is 0 Å². The fraction of sp³-hybridized carbons (Fsp3) is 0.519. The Hall–Kier alpha value is -1.83. The fourth-order valence-corrected chi connectivity index (χ4v) is 9.10. The summed E-state index contributed by atoms with van der Waals surface area (Å²) >= 11 is 0. The summed E-state index contributed by atoms with van der Waals surface area (Å²) < 4.78 is 18.4. The third-order valence-electron chi connectivity index (χ3n) is 6.30. The standard InChI is InChI=1S/C27H39NO4Si/c1-27(2,3)33(25-10-6-4-7-11-25,26-12-8-5-9-13-26)32-23-22-31-21-20-30-19-18-28-16-14-24(29)15-17-28/h4-13H,14-23H2,1-3H3. The molecule has 0 saturated carbocycles. The molecule has 0 amide bonds. The first kappa shape index (κ1) is 25.8. The van der Waals surface area contributed by atoms with Gasteiger partial charge >= 0.3 is 0 Å². The molecule has 1 aliphatic heterocycles. The van der Waals surface area contributed by atoms with E-state index in [9.17, 15) is 4.79 Å². The van der Waals surface area contributed by atoms with E-state index in [0.717, 1.165) is 19.6 Å². The molecule has 0 bridgehead atoms. The van der Waals surface area contributed by atoms with Crippen LogP contribution < -0.4 is 10.4 Å². The van der Waals surface area contributed by atoms with Crippen LogP contribution in [-0.2, 0) is 18.7 Å². The van der Waals surface area contributed by atoms with Crippen LogP contribution in [0.2, 0.25) is 5.04 Å². The van der Waals surface area contributed by atoms with Gasteiger partial charge in [0.25, 0.3) is 8.32 Å². The Labute approximate surface area is 200 Å². The van der Waals surface area contributed by atoms with Crippen molar-refractivity contribution >= 4 is 24.5 Å². The maximum absolute atomic E-state index is 11.3. The van der Waals surface area contributed by atoms with Crippen molar-refractivity contribution < 1.29 is 18.7 Å².